The third-order valence-corrected chi connectivity index (χ3v) is 8.77. The predicted molar refractivity (Wildman–Crippen MR) is 159 cm³/mol. The largest absolute Gasteiger partial charge is 0.354 e. The highest BCUT2D eigenvalue weighted by molar-refractivity contribution is 9.10. The number of amides is 2. The van der Waals surface area contributed by atoms with Crippen molar-refractivity contribution in [3.8, 4) is 0 Å². The lowest BCUT2D eigenvalue weighted by molar-refractivity contribution is -0.140. The number of rotatable bonds is 12. The molecule has 0 aromatic heterocycles. The molecule has 3 aromatic rings. The Labute approximate surface area is 244 Å². The fourth-order valence-electron chi connectivity index (χ4n) is 4.05. The number of carbonyl (C=O) groups is 2. The van der Waals surface area contributed by atoms with Crippen LogP contribution in [0.4, 0.5) is 5.69 Å². The molecule has 1 unspecified atom stereocenters. The maximum Gasteiger partial charge on any atom is 0.264 e. The Kier molecular flexibility index (Phi) is 11.0. The van der Waals surface area contributed by atoms with Gasteiger partial charge in [0.15, 0.2) is 0 Å². The summed E-state index contributed by atoms with van der Waals surface area (Å²) in [5.41, 5.74) is 2.02. The number of hydrogen-bond donors (Lipinski definition) is 1. The lowest BCUT2D eigenvalue weighted by Gasteiger charge is -2.33. The summed E-state index contributed by atoms with van der Waals surface area (Å²) in [5, 5.41) is 3.43. The summed E-state index contributed by atoms with van der Waals surface area (Å²) < 4.78 is 29.6. The van der Waals surface area contributed by atoms with Crippen LogP contribution >= 0.6 is 27.5 Å². The van der Waals surface area contributed by atoms with Crippen LogP contribution in [0.1, 0.15) is 37.8 Å². The van der Waals surface area contributed by atoms with E-state index in [-0.39, 0.29) is 17.3 Å². The fraction of sp³-hybridized carbons (Fsp3) is 0.310. The van der Waals surface area contributed by atoms with Crippen molar-refractivity contribution in [1.82, 2.24) is 10.2 Å². The van der Waals surface area contributed by atoms with Crippen molar-refractivity contribution in [3.05, 3.63) is 93.4 Å². The van der Waals surface area contributed by atoms with E-state index >= 15 is 0 Å². The summed E-state index contributed by atoms with van der Waals surface area (Å²) in [5.74, 6) is -0.777. The van der Waals surface area contributed by atoms with E-state index < -0.39 is 28.5 Å². The minimum absolute atomic E-state index is 0.0702. The molecule has 0 heterocycles. The Balaban J connectivity index is 2.03. The van der Waals surface area contributed by atoms with Crippen LogP contribution < -0.4 is 9.62 Å². The van der Waals surface area contributed by atoms with Gasteiger partial charge in [0.25, 0.3) is 10.0 Å². The van der Waals surface area contributed by atoms with Gasteiger partial charge in [0, 0.05) is 22.6 Å². The molecule has 7 nitrogen and oxygen atoms in total. The number of nitrogens with zero attached hydrogens (tertiary/aromatic N) is 2. The van der Waals surface area contributed by atoms with Gasteiger partial charge in [-0.15, -0.1) is 0 Å². The number of hydrogen-bond acceptors (Lipinski definition) is 4. The first-order valence-corrected chi connectivity index (χ1v) is 15.3. The SMILES string of the molecule is CCCNC(=O)C(CC)N(Cc1ccc(Cl)cc1)C(=O)CN(c1ccc(Br)cc1)S(=O)(=O)c1ccc(C)cc1. The zero-order chi connectivity index (χ0) is 28.6. The highest BCUT2D eigenvalue weighted by atomic mass is 79.9. The minimum atomic E-state index is -4.11. The van der Waals surface area contributed by atoms with E-state index in [4.69, 9.17) is 11.6 Å². The van der Waals surface area contributed by atoms with Crippen LogP contribution in [0.5, 0.6) is 0 Å². The van der Waals surface area contributed by atoms with Crippen molar-refractivity contribution in [2.24, 2.45) is 0 Å². The molecule has 3 aromatic carbocycles. The molecule has 0 aliphatic carbocycles. The quantitative estimate of drug-likeness (QED) is 0.267. The van der Waals surface area contributed by atoms with Gasteiger partial charge < -0.3 is 10.2 Å². The Morgan fingerprint density at radius 3 is 2.13 bits per heavy atom. The molecule has 0 radical (unpaired) electrons. The van der Waals surface area contributed by atoms with Gasteiger partial charge >= 0.3 is 0 Å². The van der Waals surface area contributed by atoms with Gasteiger partial charge in [-0.2, -0.15) is 0 Å². The maximum absolute atomic E-state index is 14.0. The normalized spacial score (nSPS) is 12.0. The standard InChI is InChI=1S/C29H33BrClN3O4S/c1-4-18-32-29(36)27(5-2)33(19-22-8-12-24(31)13-9-22)28(35)20-34(25-14-10-23(30)11-15-25)39(37,38)26-16-6-21(3)7-17-26/h6-17,27H,4-5,18-20H2,1-3H3,(H,32,36). The molecule has 39 heavy (non-hydrogen) atoms. The van der Waals surface area contributed by atoms with Gasteiger partial charge in [-0.25, -0.2) is 8.42 Å². The predicted octanol–water partition coefficient (Wildman–Crippen LogP) is 5.94. The summed E-state index contributed by atoms with van der Waals surface area (Å²) in [6, 6.07) is 19.4. The summed E-state index contributed by atoms with van der Waals surface area (Å²) >= 11 is 9.43. The van der Waals surface area contributed by atoms with E-state index in [1.54, 1.807) is 60.7 Å². The topological polar surface area (TPSA) is 86.8 Å². The van der Waals surface area contributed by atoms with Crippen molar-refractivity contribution in [1.29, 1.82) is 0 Å². The molecule has 0 aliphatic heterocycles. The summed E-state index contributed by atoms with van der Waals surface area (Å²) in [4.78, 5) is 28.6. The highest BCUT2D eigenvalue weighted by Crippen LogP contribution is 2.26. The summed E-state index contributed by atoms with van der Waals surface area (Å²) in [7, 11) is -4.11. The molecule has 0 spiro atoms. The number of benzene rings is 3. The number of aryl methyl sites for hydroxylation is 1. The van der Waals surface area contributed by atoms with Gasteiger partial charge in [0.1, 0.15) is 12.6 Å². The molecule has 3 rings (SSSR count). The number of anilines is 1. The van der Waals surface area contributed by atoms with Crippen LogP contribution in [0.25, 0.3) is 0 Å². The minimum Gasteiger partial charge on any atom is -0.354 e. The van der Waals surface area contributed by atoms with Crippen LogP contribution in [0.15, 0.2) is 82.2 Å². The lowest BCUT2D eigenvalue weighted by atomic mass is 10.1. The molecule has 0 aliphatic rings. The van der Waals surface area contributed by atoms with E-state index in [1.807, 2.05) is 20.8 Å². The Morgan fingerprint density at radius 2 is 1.56 bits per heavy atom. The van der Waals surface area contributed by atoms with E-state index in [0.717, 1.165) is 26.3 Å². The van der Waals surface area contributed by atoms with Crippen LogP contribution in [0.3, 0.4) is 0 Å². The molecule has 0 fully saturated rings. The molecular formula is C29H33BrClN3O4S. The van der Waals surface area contributed by atoms with E-state index in [1.165, 1.54) is 17.0 Å². The fourth-order valence-corrected chi connectivity index (χ4v) is 5.85. The maximum atomic E-state index is 14.0. The smallest absolute Gasteiger partial charge is 0.264 e. The molecule has 1 atom stereocenters. The van der Waals surface area contributed by atoms with E-state index in [9.17, 15) is 18.0 Å². The van der Waals surface area contributed by atoms with Crippen LogP contribution in [-0.4, -0.2) is 44.3 Å². The van der Waals surface area contributed by atoms with Crippen molar-refractivity contribution >= 4 is 55.1 Å². The van der Waals surface area contributed by atoms with Gasteiger partial charge in [-0.3, -0.25) is 13.9 Å². The van der Waals surface area contributed by atoms with Crippen molar-refractivity contribution in [2.75, 3.05) is 17.4 Å². The van der Waals surface area contributed by atoms with Crippen molar-refractivity contribution in [3.63, 3.8) is 0 Å². The second-order valence-corrected chi connectivity index (χ2v) is 12.4. The highest BCUT2D eigenvalue weighted by Gasteiger charge is 2.33. The van der Waals surface area contributed by atoms with E-state index in [2.05, 4.69) is 21.2 Å². The molecule has 208 valence electrons. The van der Waals surface area contributed by atoms with Gasteiger partial charge in [0.2, 0.25) is 11.8 Å². The van der Waals surface area contributed by atoms with Crippen LogP contribution in [-0.2, 0) is 26.2 Å². The zero-order valence-electron chi connectivity index (χ0n) is 22.2. The Hall–Kier alpha value is -2.88. The number of nitrogens with one attached hydrogen (secondary N) is 1. The average Bonchev–Trinajstić information content (AvgIpc) is 2.92. The summed E-state index contributed by atoms with van der Waals surface area (Å²) in [6.45, 7) is 5.76. The third kappa shape index (κ3) is 8.06. The first-order valence-electron chi connectivity index (χ1n) is 12.7. The molecule has 0 bridgehead atoms. The second-order valence-electron chi connectivity index (χ2n) is 9.16. The monoisotopic (exact) mass is 633 g/mol. The van der Waals surface area contributed by atoms with Gasteiger partial charge in [0.05, 0.1) is 10.6 Å². The van der Waals surface area contributed by atoms with Crippen LogP contribution in [0.2, 0.25) is 5.02 Å². The average molecular weight is 635 g/mol. The number of halogens is 2. The Bertz CT molecular complexity index is 1370. The lowest BCUT2D eigenvalue weighted by Crippen LogP contribution is -2.52. The van der Waals surface area contributed by atoms with E-state index in [0.29, 0.717) is 23.7 Å². The van der Waals surface area contributed by atoms with Crippen LogP contribution in [0, 0.1) is 6.92 Å². The molecule has 0 saturated heterocycles. The van der Waals surface area contributed by atoms with Gasteiger partial charge in [-0.1, -0.05) is 71.2 Å². The zero-order valence-corrected chi connectivity index (χ0v) is 25.4. The first-order chi connectivity index (χ1) is 18.6. The second kappa shape index (κ2) is 14.0. The molecule has 10 heteroatoms. The molecule has 0 saturated carbocycles. The molecular weight excluding hydrogens is 602 g/mol. The van der Waals surface area contributed by atoms with Crippen molar-refractivity contribution < 1.29 is 18.0 Å². The first kappa shape index (κ1) is 30.7. The summed E-state index contributed by atoms with van der Waals surface area (Å²) in [6.07, 6.45) is 1.11. The molecule has 2 amide bonds. The van der Waals surface area contributed by atoms with Gasteiger partial charge in [-0.05, 0) is 73.9 Å². The Morgan fingerprint density at radius 1 is 0.949 bits per heavy atom. The number of sulfonamides is 1. The van der Waals surface area contributed by atoms with Crippen molar-refractivity contribution in [2.45, 2.75) is 51.1 Å². The molecule has 1 N–H and O–H groups in total. The third-order valence-electron chi connectivity index (χ3n) is 6.20. The number of carbonyl (C=O) groups excluding carboxylic acids is 2.